The van der Waals surface area contributed by atoms with E-state index in [1.807, 2.05) is 0 Å². The lowest BCUT2D eigenvalue weighted by molar-refractivity contribution is 0.0696. The smallest absolute Gasteiger partial charge is 0.337 e. The number of aromatic carboxylic acids is 1. The number of aromatic amines is 1. The number of hydrogen-bond donors (Lipinski definition) is 3. The molecule has 5 heteroatoms. The molecule has 4 N–H and O–H groups in total. The van der Waals surface area contributed by atoms with Crippen LogP contribution in [0.25, 0.3) is 0 Å². The van der Waals surface area contributed by atoms with E-state index in [1.165, 1.54) is 13.1 Å². The third-order valence-corrected chi connectivity index (χ3v) is 1.62. The molecule has 64 valence electrons. The molecule has 12 heavy (non-hydrogen) atoms. The lowest BCUT2D eigenvalue weighted by Gasteiger charge is -1.92. The fourth-order valence-electron chi connectivity index (χ4n) is 0.974. The molecule has 0 aliphatic heterocycles. The van der Waals surface area contributed by atoms with E-state index < -0.39 is 11.9 Å². The lowest BCUT2D eigenvalue weighted by atomic mass is 10.1. The number of nitrogens with one attached hydrogen (secondary N) is 1. The Morgan fingerprint density at radius 1 is 1.58 bits per heavy atom. The number of carboxylic acids is 1. The van der Waals surface area contributed by atoms with Gasteiger partial charge in [0.25, 0.3) is 5.91 Å². The van der Waals surface area contributed by atoms with Gasteiger partial charge in [0.2, 0.25) is 0 Å². The van der Waals surface area contributed by atoms with Gasteiger partial charge >= 0.3 is 5.97 Å². The highest BCUT2D eigenvalue weighted by Crippen LogP contribution is 2.11. The maximum absolute atomic E-state index is 10.7. The number of aromatic nitrogens is 1. The Kier molecular flexibility index (Phi) is 1.86. The summed E-state index contributed by atoms with van der Waals surface area (Å²) in [4.78, 5) is 23.6. The SMILES string of the molecule is Cc1c(C(=O)O)c[nH]c1C(N)=O. The van der Waals surface area contributed by atoms with Gasteiger partial charge < -0.3 is 15.8 Å². The number of carbonyl (C=O) groups excluding carboxylic acids is 1. The molecule has 0 bridgehead atoms. The zero-order valence-corrected chi connectivity index (χ0v) is 6.42. The second-order valence-electron chi connectivity index (χ2n) is 2.37. The average Bonchev–Trinajstić information content (AvgIpc) is 2.30. The molecule has 1 aromatic rings. The van der Waals surface area contributed by atoms with Crippen LogP contribution in [0.3, 0.4) is 0 Å². The van der Waals surface area contributed by atoms with Gasteiger partial charge in [-0.3, -0.25) is 4.79 Å². The van der Waals surface area contributed by atoms with Crippen LogP contribution >= 0.6 is 0 Å². The molecular formula is C7H8N2O3. The van der Waals surface area contributed by atoms with Gasteiger partial charge in [0.15, 0.2) is 0 Å². The summed E-state index contributed by atoms with van der Waals surface area (Å²) in [6, 6.07) is 0. The van der Waals surface area contributed by atoms with Crippen LogP contribution in [0, 0.1) is 6.92 Å². The molecular weight excluding hydrogens is 160 g/mol. The minimum Gasteiger partial charge on any atom is -0.478 e. The predicted octanol–water partition coefficient (Wildman–Crippen LogP) is 0.120. The van der Waals surface area contributed by atoms with E-state index in [0.29, 0.717) is 5.56 Å². The van der Waals surface area contributed by atoms with E-state index in [4.69, 9.17) is 10.8 Å². The molecule has 0 fully saturated rings. The van der Waals surface area contributed by atoms with Crippen molar-refractivity contribution >= 4 is 11.9 Å². The fraction of sp³-hybridized carbons (Fsp3) is 0.143. The molecule has 0 spiro atoms. The van der Waals surface area contributed by atoms with E-state index in [2.05, 4.69) is 4.98 Å². The van der Waals surface area contributed by atoms with Crippen molar-refractivity contribution < 1.29 is 14.7 Å². The Hall–Kier alpha value is -1.78. The van der Waals surface area contributed by atoms with Gasteiger partial charge in [-0.25, -0.2) is 4.79 Å². The summed E-state index contributed by atoms with van der Waals surface area (Å²) < 4.78 is 0. The highest BCUT2D eigenvalue weighted by molar-refractivity contribution is 5.98. The molecule has 0 aromatic carbocycles. The van der Waals surface area contributed by atoms with Crippen molar-refractivity contribution in [1.82, 2.24) is 4.98 Å². The van der Waals surface area contributed by atoms with Gasteiger partial charge in [-0.2, -0.15) is 0 Å². The van der Waals surface area contributed by atoms with Crippen LogP contribution in [0.2, 0.25) is 0 Å². The van der Waals surface area contributed by atoms with Crippen molar-refractivity contribution in [3.05, 3.63) is 23.0 Å². The van der Waals surface area contributed by atoms with Crippen molar-refractivity contribution in [1.29, 1.82) is 0 Å². The molecule has 0 atom stereocenters. The molecule has 1 amide bonds. The average molecular weight is 168 g/mol. The van der Waals surface area contributed by atoms with Gasteiger partial charge in [-0.1, -0.05) is 0 Å². The maximum Gasteiger partial charge on any atom is 0.337 e. The lowest BCUT2D eigenvalue weighted by Crippen LogP contribution is -2.13. The monoisotopic (exact) mass is 168 g/mol. The summed E-state index contributed by atoms with van der Waals surface area (Å²) in [6.07, 6.45) is 1.25. The molecule has 5 nitrogen and oxygen atoms in total. The predicted molar refractivity (Wildman–Crippen MR) is 41.0 cm³/mol. The standard InChI is InChI=1S/C7H8N2O3/c1-3-4(7(11)12)2-9-5(3)6(8)10/h2,9H,1H3,(H2,8,10)(H,11,12). The molecule has 0 unspecified atom stereocenters. The number of carboxylic acid groups (broad SMARTS) is 1. The first-order chi connectivity index (χ1) is 5.54. The topological polar surface area (TPSA) is 96.2 Å². The highest BCUT2D eigenvalue weighted by atomic mass is 16.4. The van der Waals surface area contributed by atoms with Crippen LogP contribution in [0.15, 0.2) is 6.20 Å². The number of amides is 1. The van der Waals surface area contributed by atoms with Crippen LogP contribution in [0.5, 0.6) is 0 Å². The zero-order chi connectivity index (χ0) is 9.30. The van der Waals surface area contributed by atoms with Crippen LogP contribution < -0.4 is 5.73 Å². The van der Waals surface area contributed by atoms with E-state index in [-0.39, 0.29) is 11.3 Å². The third kappa shape index (κ3) is 1.16. The van der Waals surface area contributed by atoms with Gasteiger partial charge in [0.1, 0.15) is 5.69 Å². The second-order valence-corrected chi connectivity index (χ2v) is 2.37. The molecule has 0 radical (unpaired) electrons. The summed E-state index contributed by atoms with van der Waals surface area (Å²) in [5, 5.41) is 8.59. The Labute approximate surface area is 68.2 Å². The Bertz CT molecular complexity index is 309. The maximum atomic E-state index is 10.7. The fourth-order valence-corrected chi connectivity index (χ4v) is 0.974. The summed E-state index contributed by atoms with van der Waals surface area (Å²) >= 11 is 0. The summed E-state index contributed by atoms with van der Waals surface area (Å²) in [6.45, 7) is 1.53. The molecule has 1 rings (SSSR count). The normalized spacial score (nSPS) is 9.75. The molecule has 1 aromatic heterocycles. The van der Waals surface area contributed by atoms with Gasteiger partial charge in [-0.05, 0) is 12.5 Å². The van der Waals surface area contributed by atoms with E-state index >= 15 is 0 Å². The number of hydrogen-bond acceptors (Lipinski definition) is 2. The molecule has 0 aliphatic carbocycles. The number of rotatable bonds is 2. The number of nitrogens with two attached hydrogens (primary N) is 1. The van der Waals surface area contributed by atoms with Crippen molar-refractivity contribution in [3.63, 3.8) is 0 Å². The molecule has 0 saturated heterocycles. The van der Waals surface area contributed by atoms with Crippen LogP contribution in [-0.2, 0) is 0 Å². The van der Waals surface area contributed by atoms with E-state index in [0.717, 1.165) is 0 Å². The number of carbonyl (C=O) groups is 2. The van der Waals surface area contributed by atoms with Crippen molar-refractivity contribution in [2.75, 3.05) is 0 Å². The zero-order valence-electron chi connectivity index (χ0n) is 6.42. The second kappa shape index (κ2) is 2.69. The highest BCUT2D eigenvalue weighted by Gasteiger charge is 2.15. The molecule has 1 heterocycles. The third-order valence-electron chi connectivity index (χ3n) is 1.62. The Morgan fingerprint density at radius 3 is 2.42 bits per heavy atom. The molecule has 0 saturated carbocycles. The van der Waals surface area contributed by atoms with Gasteiger partial charge in [0, 0.05) is 6.20 Å². The summed E-state index contributed by atoms with van der Waals surface area (Å²) in [5.74, 6) is -1.73. The first kappa shape index (κ1) is 8.32. The largest absolute Gasteiger partial charge is 0.478 e. The van der Waals surface area contributed by atoms with E-state index in [1.54, 1.807) is 0 Å². The van der Waals surface area contributed by atoms with Crippen LogP contribution in [-0.4, -0.2) is 22.0 Å². The van der Waals surface area contributed by atoms with Crippen LogP contribution in [0.4, 0.5) is 0 Å². The Morgan fingerprint density at radius 2 is 2.17 bits per heavy atom. The number of primary amides is 1. The number of H-pyrrole nitrogens is 1. The van der Waals surface area contributed by atoms with Gasteiger partial charge in [-0.15, -0.1) is 0 Å². The quantitative estimate of drug-likeness (QED) is 0.585. The van der Waals surface area contributed by atoms with E-state index in [9.17, 15) is 9.59 Å². The first-order valence-electron chi connectivity index (χ1n) is 3.25. The Balaban J connectivity index is 3.22. The van der Waals surface area contributed by atoms with Crippen molar-refractivity contribution in [2.24, 2.45) is 5.73 Å². The van der Waals surface area contributed by atoms with Crippen molar-refractivity contribution in [3.8, 4) is 0 Å². The van der Waals surface area contributed by atoms with Gasteiger partial charge in [0.05, 0.1) is 5.56 Å². The minimum atomic E-state index is -1.07. The summed E-state index contributed by atoms with van der Waals surface area (Å²) in [5.41, 5.74) is 5.55. The minimum absolute atomic E-state index is 0.0730. The molecule has 0 aliphatic rings. The first-order valence-corrected chi connectivity index (χ1v) is 3.25. The van der Waals surface area contributed by atoms with Crippen LogP contribution in [0.1, 0.15) is 26.4 Å². The summed E-state index contributed by atoms with van der Waals surface area (Å²) in [7, 11) is 0. The van der Waals surface area contributed by atoms with Crippen molar-refractivity contribution in [2.45, 2.75) is 6.92 Å².